The minimum atomic E-state index is -3.37. The number of hydrogen-bond acceptors (Lipinski definition) is 5. The average Bonchev–Trinajstić information content (AvgIpc) is 3.32. The summed E-state index contributed by atoms with van der Waals surface area (Å²) < 4.78 is 30.2. The highest BCUT2D eigenvalue weighted by molar-refractivity contribution is 7.92. The van der Waals surface area contributed by atoms with Crippen LogP contribution in [0.4, 0.5) is 11.4 Å². The molecule has 0 aliphatic carbocycles. The Morgan fingerprint density at radius 2 is 1.67 bits per heavy atom. The molecule has 2 aromatic carbocycles. The molecular formula is C25H26N2O5S. The lowest BCUT2D eigenvalue weighted by Crippen LogP contribution is -2.51. The van der Waals surface area contributed by atoms with Crippen molar-refractivity contribution in [3.63, 3.8) is 0 Å². The molecule has 7 nitrogen and oxygen atoms in total. The lowest BCUT2D eigenvalue weighted by molar-refractivity contribution is -0.117. The van der Waals surface area contributed by atoms with Crippen LogP contribution in [0.25, 0.3) is 11.1 Å². The highest BCUT2D eigenvalue weighted by Crippen LogP contribution is 2.39. The van der Waals surface area contributed by atoms with Crippen molar-refractivity contribution in [3.05, 3.63) is 66.6 Å². The largest absolute Gasteiger partial charge is 0.459 e. The van der Waals surface area contributed by atoms with E-state index in [4.69, 9.17) is 4.42 Å². The Balaban J connectivity index is 1.79. The van der Waals surface area contributed by atoms with E-state index >= 15 is 0 Å². The molecule has 1 atom stereocenters. The van der Waals surface area contributed by atoms with Crippen molar-refractivity contribution < 1.29 is 22.4 Å². The number of furan rings is 1. The van der Waals surface area contributed by atoms with Crippen LogP contribution in [0.3, 0.4) is 0 Å². The van der Waals surface area contributed by atoms with Gasteiger partial charge >= 0.3 is 0 Å². The third-order valence-corrected chi connectivity index (χ3v) is 8.04. The molecule has 2 heterocycles. The molecule has 0 radical (unpaired) electrons. The fourth-order valence-electron chi connectivity index (χ4n) is 4.12. The highest BCUT2D eigenvalue weighted by Gasteiger charge is 2.35. The lowest BCUT2D eigenvalue weighted by Gasteiger charge is -2.40. The van der Waals surface area contributed by atoms with Gasteiger partial charge in [0.25, 0.3) is 5.91 Å². The van der Waals surface area contributed by atoms with E-state index in [0.29, 0.717) is 17.9 Å². The van der Waals surface area contributed by atoms with E-state index < -0.39 is 15.1 Å². The topological polar surface area (TPSA) is 87.9 Å². The standard InChI is InChI=1S/C25H26N2O5S/c1-16(2)33(30,31)21-10-7-19(8-11-21)20-9-12-22-23(14-20)26(15-17(3)27(22)18(4)28)25(29)24-6-5-13-32-24/h5-14,16-17H,15H2,1-4H3. The molecule has 0 saturated carbocycles. The van der Waals surface area contributed by atoms with Gasteiger partial charge in [-0.15, -0.1) is 0 Å². The third-order valence-electron chi connectivity index (χ3n) is 5.87. The highest BCUT2D eigenvalue weighted by atomic mass is 32.2. The maximum atomic E-state index is 13.2. The second kappa shape index (κ2) is 8.51. The van der Waals surface area contributed by atoms with Gasteiger partial charge in [-0.05, 0) is 68.3 Å². The lowest BCUT2D eigenvalue weighted by atomic mass is 10.0. The second-order valence-corrected chi connectivity index (χ2v) is 11.0. The summed E-state index contributed by atoms with van der Waals surface area (Å²) in [5, 5.41) is -0.507. The third kappa shape index (κ3) is 4.06. The SMILES string of the molecule is CC(=O)N1c2ccc(-c3ccc(S(=O)(=O)C(C)C)cc3)cc2N(C(=O)c2ccco2)CC1C. The average molecular weight is 467 g/mol. The van der Waals surface area contributed by atoms with E-state index in [1.54, 1.807) is 60.0 Å². The Morgan fingerprint density at radius 3 is 2.24 bits per heavy atom. The van der Waals surface area contributed by atoms with E-state index in [1.807, 2.05) is 25.1 Å². The van der Waals surface area contributed by atoms with Crippen molar-refractivity contribution in [1.82, 2.24) is 0 Å². The van der Waals surface area contributed by atoms with Crippen molar-refractivity contribution in [1.29, 1.82) is 0 Å². The molecule has 1 aliphatic rings. The molecule has 1 aromatic heterocycles. The Labute approximate surface area is 193 Å². The van der Waals surface area contributed by atoms with Crippen LogP contribution in [0, 0.1) is 0 Å². The van der Waals surface area contributed by atoms with E-state index in [0.717, 1.165) is 11.1 Å². The fourth-order valence-corrected chi connectivity index (χ4v) is 5.18. The normalized spacial score (nSPS) is 16.1. The van der Waals surface area contributed by atoms with Gasteiger partial charge in [0.1, 0.15) is 0 Å². The summed E-state index contributed by atoms with van der Waals surface area (Å²) in [4.78, 5) is 29.1. The van der Waals surface area contributed by atoms with Gasteiger partial charge in [0.05, 0.1) is 33.8 Å². The van der Waals surface area contributed by atoms with Crippen molar-refractivity contribution in [2.24, 2.45) is 0 Å². The quantitative estimate of drug-likeness (QED) is 0.564. The summed E-state index contributed by atoms with van der Waals surface area (Å²) in [6.07, 6.45) is 1.45. The van der Waals surface area contributed by atoms with Gasteiger partial charge in [-0.1, -0.05) is 18.2 Å². The molecule has 2 amide bonds. The Morgan fingerprint density at radius 1 is 1.00 bits per heavy atom. The summed E-state index contributed by atoms with van der Waals surface area (Å²) in [6, 6.07) is 15.3. The number of sulfone groups is 1. The van der Waals surface area contributed by atoms with Crippen LogP contribution in [0.5, 0.6) is 0 Å². The Bertz CT molecular complexity index is 1300. The van der Waals surface area contributed by atoms with Crippen LogP contribution >= 0.6 is 0 Å². The fraction of sp³-hybridized carbons (Fsp3) is 0.280. The summed E-state index contributed by atoms with van der Waals surface area (Å²) in [5.74, 6) is -0.172. The minimum Gasteiger partial charge on any atom is -0.459 e. The van der Waals surface area contributed by atoms with Gasteiger partial charge < -0.3 is 14.2 Å². The number of rotatable bonds is 4. The van der Waals surface area contributed by atoms with E-state index in [-0.39, 0.29) is 28.5 Å². The maximum Gasteiger partial charge on any atom is 0.294 e. The number of benzene rings is 2. The summed E-state index contributed by atoms with van der Waals surface area (Å²) in [6.45, 7) is 7.03. The van der Waals surface area contributed by atoms with Gasteiger partial charge in [-0.25, -0.2) is 8.42 Å². The molecular weight excluding hydrogens is 440 g/mol. The van der Waals surface area contributed by atoms with Crippen LogP contribution in [0.2, 0.25) is 0 Å². The van der Waals surface area contributed by atoms with Crippen LogP contribution < -0.4 is 9.80 Å². The van der Waals surface area contributed by atoms with Crippen LogP contribution in [-0.4, -0.2) is 38.1 Å². The van der Waals surface area contributed by atoms with E-state index in [9.17, 15) is 18.0 Å². The molecule has 0 saturated heterocycles. The van der Waals surface area contributed by atoms with Crippen LogP contribution in [0.1, 0.15) is 38.2 Å². The molecule has 0 bridgehead atoms. The number of nitrogens with zero attached hydrogens (tertiary/aromatic N) is 2. The van der Waals surface area contributed by atoms with Crippen LogP contribution in [-0.2, 0) is 14.6 Å². The van der Waals surface area contributed by atoms with Crippen molar-refractivity contribution in [2.45, 2.75) is 43.9 Å². The van der Waals surface area contributed by atoms with Crippen molar-refractivity contribution in [2.75, 3.05) is 16.3 Å². The molecule has 1 unspecified atom stereocenters. The van der Waals surface area contributed by atoms with Gasteiger partial charge in [-0.2, -0.15) is 0 Å². The number of hydrogen-bond donors (Lipinski definition) is 0. The van der Waals surface area contributed by atoms with E-state index in [1.165, 1.54) is 13.2 Å². The Kier molecular flexibility index (Phi) is 5.88. The molecule has 1 aliphatic heterocycles. The first kappa shape index (κ1) is 22.8. The predicted molar refractivity (Wildman–Crippen MR) is 127 cm³/mol. The van der Waals surface area contributed by atoms with Gasteiger partial charge in [0, 0.05) is 13.5 Å². The number of amides is 2. The van der Waals surface area contributed by atoms with Crippen molar-refractivity contribution in [3.8, 4) is 11.1 Å². The predicted octanol–water partition coefficient (Wildman–Crippen LogP) is 4.53. The number of anilines is 2. The van der Waals surface area contributed by atoms with Gasteiger partial charge in [0.2, 0.25) is 5.91 Å². The first-order valence-electron chi connectivity index (χ1n) is 10.7. The van der Waals surface area contributed by atoms with Crippen molar-refractivity contribution >= 4 is 33.0 Å². The van der Waals surface area contributed by atoms with Gasteiger partial charge in [0.15, 0.2) is 15.6 Å². The number of carbonyl (C=O) groups is 2. The van der Waals surface area contributed by atoms with Gasteiger partial charge in [-0.3, -0.25) is 9.59 Å². The van der Waals surface area contributed by atoms with E-state index in [2.05, 4.69) is 0 Å². The molecule has 0 spiro atoms. The molecule has 172 valence electrons. The molecule has 33 heavy (non-hydrogen) atoms. The molecule has 0 fully saturated rings. The zero-order valence-corrected chi connectivity index (χ0v) is 19.8. The summed E-state index contributed by atoms with van der Waals surface area (Å²) in [5.41, 5.74) is 2.85. The number of carbonyl (C=O) groups excluding carboxylic acids is 2. The number of fused-ring (bicyclic) bond motifs is 1. The summed E-state index contributed by atoms with van der Waals surface area (Å²) in [7, 11) is -3.37. The second-order valence-electron chi connectivity index (χ2n) is 8.45. The molecule has 3 aromatic rings. The zero-order chi connectivity index (χ0) is 23.9. The monoisotopic (exact) mass is 466 g/mol. The molecule has 4 rings (SSSR count). The Hall–Kier alpha value is -3.39. The molecule has 8 heteroatoms. The zero-order valence-electron chi connectivity index (χ0n) is 19.0. The van der Waals surface area contributed by atoms with Crippen LogP contribution in [0.15, 0.2) is 70.2 Å². The minimum absolute atomic E-state index is 0.107. The smallest absolute Gasteiger partial charge is 0.294 e. The summed E-state index contributed by atoms with van der Waals surface area (Å²) >= 11 is 0. The first-order valence-corrected chi connectivity index (χ1v) is 12.3. The maximum absolute atomic E-state index is 13.2. The first-order chi connectivity index (χ1) is 15.6. The molecule has 0 N–H and O–H groups in total.